The number of rotatable bonds is 6. The fourth-order valence-electron chi connectivity index (χ4n) is 4.64. The first-order chi connectivity index (χ1) is 15.5. The highest BCUT2D eigenvalue weighted by Gasteiger charge is 2.19. The van der Waals surface area contributed by atoms with Gasteiger partial charge >= 0.3 is 5.97 Å². The van der Waals surface area contributed by atoms with Crippen molar-refractivity contribution in [1.82, 2.24) is 0 Å². The molecule has 0 bridgehead atoms. The summed E-state index contributed by atoms with van der Waals surface area (Å²) in [5.74, 6) is 1.88. The van der Waals surface area contributed by atoms with E-state index in [2.05, 4.69) is 61.0 Å². The molecular weight excluding hydrogens is 396 g/mol. The van der Waals surface area contributed by atoms with Crippen LogP contribution in [0.1, 0.15) is 49.7 Å². The zero-order chi connectivity index (χ0) is 22.5. The Balaban J connectivity index is 1.45. The molecule has 0 spiro atoms. The number of carbonyl (C=O) groups excluding carboxylic acids is 1. The van der Waals surface area contributed by atoms with Crippen LogP contribution in [-0.2, 0) is 9.53 Å². The second-order valence-corrected chi connectivity index (χ2v) is 9.00. The number of esters is 1. The summed E-state index contributed by atoms with van der Waals surface area (Å²) in [7, 11) is 1.35. The van der Waals surface area contributed by atoms with E-state index in [9.17, 15) is 4.79 Å². The summed E-state index contributed by atoms with van der Waals surface area (Å²) in [4.78, 5) is 11.2. The molecule has 0 amide bonds. The highest BCUT2D eigenvalue weighted by molar-refractivity contribution is 5.74. The lowest BCUT2D eigenvalue weighted by Crippen LogP contribution is -2.12. The fraction of sp³-hybridized carbons (Fsp3) is 0.345. The molecule has 1 aliphatic rings. The van der Waals surface area contributed by atoms with Crippen molar-refractivity contribution >= 4 is 5.97 Å². The highest BCUT2D eigenvalue weighted by Crippen LogP contribution is 2.36. The van der Waals surface area contributed by atoms with Crippen LogP contribution in [-0.4, -0.2) is 19.7 Å². The van der Waals surface area contributed by atoms with Crippen molar-refractivity contribution in [3.05, 3.63) is 77.9 Å². The maximum atomic E-state index is 11.2. The Hall–Kier alpha value is -3.07. The summed E-state index contributed by atoms with van der Waals surface area (Å²) in [6.45, 7) is 4.44. The third-order valence-corrected chi connectivity index (χ3v) is 6.71. The van der Waals surface area contributed by atoms with Gasteiger partial charge in [-0.25, -0.2) is 4.79 Å². The summed E-state index contributed by atoms with van der Waals surface area (Å²) in [6.07, 6.45) is 5.35. The fourth-order valence-corrected chi connectivity index (χ4v) is 4.64. The number of methoxy groups -OCH3 is 1. The number of aryl methyl sites for hydroxylation is 1. The van der Waals surface area contributed by atoms with Gasteiger partial charge in [-0.1, -0.05) is 74.4 Å². The maximum Gasteiger partial charge on any atom is 0.343 e. The van der Waals surface area contributed by atoms with E-state index >= 15 is 0 Å². The van der Waals surface area contributed by atoms with E-state index < -0.39 is 0 Å². The Morgan fingerprint density at radius 3 is 2.09 bits per heavy atom. The average molecular weight is 429 g/mol. The van der Waals surface area contributed by atoms with Crippen molar-refractivity contribution in [2.24, 2.45) is 5.92 Å². The van der Waals surface area contributed by atoms with Crippen LogP contribution in [0.3, 0.4) is 0 Å². The average Bonchev–Trinajstić information content (AvgIpc) is 2.83. The molecule has 1 aliphatic carbocycles. The van der Waals surface area contributed by atoms with E-state index in [-0.39, 0.29) is 12.6 Å². The quantitative estimate of drug-likeness (QED) is 0.390. The molecule has 0 aromatic heterocycles. The molecule has 3 aromatic rings. The van der Waals surface area contributed by atoms with Gasteiger partial charge in [-0.15, -0.1) is 0 Å². The van der Waals surface area contributed by atoms with Gasteiger partial charge in [0.25, 0.3) is 0 Å². The maximum absolute atomic E-state index is 11.2. The Labute approximate surface area is 191 Å². The Kier molecular flexibility index (Phi) is 6.94. The number of benzene rings is 3. The van der Waals surface area contributed by atoms with Crippen molar-refractivity contribution in [2.75, 3.05) is 13.7 Å². The first-order valence-electron chi connectivity index (χ1n) is 11.5. The van der Waals surface area contributed by atoms with E-state index in [1.807, 2.05) is 24.3 Å². The third kappa shape index (κ3) is 5.21. The summed E-state index contributed by atoms with van der Waals surface area (Å²) in [6, 6.07) is 23.7. The van der Waals surface area contributed by atoms with Crippen molar-refractivity contribution < 1.29 is 14.3 Å². The summed E-state index contributed by atoms with van der Waals surface area (Å²) in [5.41, 5.74) is 7.55. The Bertz CT molecular complexity index is 1040. The van der Waals surface area contributed by atoms with Gasteiger partial charge < -0.3 is 9.47 Å². The zero-order valence-corrected chi connectivity index (χ0v) is 19.3. The Morgan fingerprint density at radius 1 is 0.844 bits per heavy atom. The van der Waals surface area contributed by atoms with E-state index in [1.165, 1.54) is 60.6 Å². The standard InChI is InChI=1S/C29H32O3/c1-20-4-6-22(7-5-20)23-8-10-24(11-9-23)26-14-17-28(21(2)18-26)25-12-15-27(16-13-25)32-19-29(30)31-3/h8-18,20,22H,4-7,19H2,1-3H3. The van der Waals surface area contributed by atoms with Crippen molar-refractivity contribution in [2.45, 2.75) is 45.4 Å². The van der Waals surface area contributed by atoms with Gasteiger partial charge in [0.05, 0.1) is 7.11 Å². The monoisotopic (exact) mass is 428 g/mol. The summed E-state index contributed by atoms with van der Waals surface area (Å²) in [5, 5.41) is 0. The topological polar surface area (TPSA) is 35.5 Å². The predicted molar refractivity (Wildman–Crippen MR) is 130 cm³/mol. The summed E-state index contributed by atoms with van der Waals surface area (Å²) >= 11 is 0. The van der Waals surface area contributed by atoms with Gasteiger partial charge in [0, 0.05) is 0 Å². The molecule has 0 saturated heterocycles. The van der Waals surface area contributed by atoms with Crippen LogP contribution < -0.4 is 4.74 Å². The molecule has 0 heterocycles. The van der Waals surface area contributed by atoms with Crippen LogP contribution >= 0.6 is 0 Å². The largest absolute Gasteiger partial charge is 0.482 e. The molecule has 0 radical (unpaired) electrons. The predicted octanol–water partition coefficient (Wildman–Crippen LogP) is 7.17. The van der Waals surface area contributed by atoms with Gasteiger partial charge in [-0.2, -0.15) is 0 Å². The van der Waals surface area contributed by atoms with Crippen LogP contribution in [0.4, 0.5) is 0 Å². The van der Waals surface area contributed by atoms with Crippen LogP contribution in [0.25, 0.3) is 22.3 Å². The Morgan fingerprint density at radius 2 is 1.47 bits per heavy atom. The van der Waals surface area contributed by atoms with Gasteiger partial charge in [-0.3, -0.25) is 0 Å². The number of ether oxygens (including phenoxy) is 2. The molecule has 1 fully saturated rings. The first kappa shape index (κ1) is 22.1. The second-order valence-electron chi connectivity index (χ2n) is 9.00. The number of hydrogen-bond acceptors (Lipinski definition) is 3. The van der Waals surface area contributed by atoms with E-state index in [4.69, 9.17) is 4.74 Å². The molecule has 166 valence electrons. The molecule has 0 aliphatic heterocycles. The van der Waals surface area contributed by atoms with Gasteiger partial charge in [0.1, 0.15) is 5.75 Å². The smallest absolute Gasteiger partial charge is 0.343 e. The normalized spacial score (nSPS) is 18.2. The van der Waals surface area contributed by atoms with Crippen molar-refractivity contribution in [1.29, 1.82) is 0 Å². The van der Waals surface area contributed by atoms with Crippen molar-refractivity contribution in [3.63, 3.8) is 0 Å². The van der Waals surface area contributed by atoms with Gasteiger partial charge in [0.2, 0.25) is 0 Å². The molecule has 1 saturated carbocycles. The minimum Gasteiger partial charge on any atom is -0.482 e. The first-order valence-corrected chi connectivity index (χ1v) is 11.5. The van der Waals surface area contributed by atoms with E-state index in [0.717, 1.165) is 17.4 Å². The molecule has 3 heteroatoms. The molecule has 4 rings (SSSR count). The molecule has 0 unspecified atom stereocenters. The van der Waals surface area contributed by atoms with Gasteiger partial charge in [0.15, 0.2) is 6.61 Å². The second kappa shape index (κ2) is 10.0. The molecule has 3 aromatic carbocycles. The molecule has 32 heavy (non-hydrogen) atoms. The lowest BCUT2D eigenvalue weighted by molar-refractivity contribution is -0.142. The third-order valence-electron chi connectivity index (χ3n) is 6.71. The van der Waals surface area contributed by atoms with Crippen molar-refractivity contribution in [3.8, 4) is 28.0 Å². The minimum absolute atomic E-state index is 0.0811. The molecule has 0 atom stereocenters. The van der Waals surface area contributed by atoms with E-state index in [0.29, 0.717) is 5.75 Å². The lowest BCUT2D eigenvalue weighted by atomic mass is 9.79. The van der Waals surface area contributed by atoms with Crippen LogP contribution in [0.2, 0.25) is 0 Å². The van der Waals surface area contributed by atoms with Gasteiger partial charge in [-0.05, 0) is 77.1 Å². The van der Waals surface area contributed by atoms with E-state index in [1.54, 1.807) is 0 Å². The summed E-state index contributed by atoms with van der Waals surface area (Å²) < 4.78 is 10.0. The van der Waals surface area contributed by atoms with Crippen LogP contribution in [0.15, 0.2) is 66.7 Å². The minimum atomic E-state index is -0.387. The number of carbonyl (C=O) groups is 1. The molecule has 0 N–H and O–H groups in total. The highest BCUT2D eigenvalue weighted by atomic mass is 16.6. The molecular formula is C29H32O3. The lowest BCUT2D eigenvalue weighted by Gasteiger charge is -2.26. The SMILES string of the molecule is COC(=O)COc1ccc(-c2ccc(-c3ccc(C4CCC(C)CC4)cc3)cc2C)cc1. The number of hydrogen-bond donors (Lipinski definition) is 0. The zero-order valence-electron chi connectivity index (χ0n) is 19.3. The van der Waals surface area contributed by atoms with Crippen LogP contribution in [0.5, 0.6) is 5.75 Å². The van der Waals surface area contributed by atoms with Crippen LogP contribution in [0, 0.1) is 12.8 Å². The molecule has 3 nitrogen and oxygen atoms in total.